The minimum Gasteiger partial charge on any atom is -0.493 e. The largest absolute Gasteiger partial charge is 0.493 e. The van der Waals surface area contributed by atoms with Gasteiger partial charge in [-0.25, -0.2) is 13.1 Å². The number of benzene rings is 1. The Bertz CT molecular complexity index is 594. The number of sulfonamides is 1. The van der Waals surface area contributed by atoms with Crippen molar-refractivity contribution in [2.24, 2.45) is 0 Å². The summed E-state index contributed by atoms with van der Waals surface area (Å²) in [4.78, 5) is 0.193. The SMILES string of the molecule is COc1cc(C)c(S(=O)(=O)NC[C@@H]2CCCO2)cc1OC. The van der Waals surface area contributed by atoms with Crippen LogP contribution in [0.2, 0.25) is 0 Å². The van der Waals surface area contributed by atoms with Crippen molar-refractivity contribution in [3.63, 3.8) is 0 Å². The van der Waals surface area contributed by atoms with E-state index in [1.165, 1.54) is 20.3 Å². The van der Waals surface area contributed by atoms with Crippen molar-refractivity contribution in [1.82, 2.24) is 4.72 Å². The third-order valence-corrected chi connectivity index (χ3v) is 5.06. The van der Waals surface area contributed by atoms with E-state index >= 15 is 0 Å². The second-order valence-corrected chi connectivity index (χ2v) is 6.69. The van der Waals surface area contributed by atoms with Gasteiger partial charge in [-0.3, -0.25) is 0 Å². The van der Waals surface area contributed by atoms with Crippen LogP contribution in [-0.2, 0) is 14.8 Å². The maximum atomic E-state index is 12.4. The smallest absolute Gasteiger partial charge is 0.241 e. The van der Waals surface area contributed by atoms with E-state index in [-0.39, 0.29) is 17.5 Å². The van der Waals surface area contributed by atoms with Crippen LogP contribution in [0.1, 0.15) is 18.4 Å². The van der Waals surface area contributed by atoms with E-state index in [0.29, 0.717) is 23.7 Å². The predicted molar refractivity (Wildman–Crippen MR) is 78.4 cm³/mol. The molecule has 1 aliphatic heterocycles. The summed E-state index contributed by atoms with van der Waals surface area (Å²) in [6, 6.07) is 3.13. The number of hydrogen-bond acceptors (Lipinski definition) is 5. The van der Waals surface area contributed by atoms with Crippen LogP contribution in [-0.4, -0.2) is 41.9 Å². The fourth-order valence-electron chi connectivity index (χ4n) is 2.34. The van der Waals surface area contributed by atoms with Crippen molar-refractivity contribution in [3.05, 3.63) is 17.7 Å². The van der Waals surface area contributed by atoms with Gasteiger partial charge >= 0.3 is 0 Å². The maximum absolute atomic E-state index is 12.4. The standard InChI is InChI=1S/C14H21NO5S/c1-10-7-12(18-2)13(19-3)8-14(10)21(16,17)15-9-11-5-4-6-20-11/h7-8,11,15H,4-6,9H2,1-3H3/t11-/m0/s1. The molecule has 1 atom stereocenters. The number of methoxy groups -OCH3 is 2. The van der Waals surface area contributed by atoms with Crippen molar-refractivity contribution in [2.75, 3.05) is 27.4 Å². The minimum absolute atomic E-state index is 0.0415. The molecular weight excluding hydrogens is 294 g/mol. The molecule has 1 aromatic rings. The Kier molecular flexibility index (Phi) is 5.08. The summed E-state index contributed by atoms with van der Waals surface area (Å²) in [5, 5.41) is 0. The van der Waals surface area contributed by atoms with Gasteiger partial charge in [0.25, 0.3) is 0 Å². The average molecular weight is 315 g/mol. The van der Waals surface area contributed by atoms with Crippen molar-refractivity contribution in [2.45, 2.75) is 30.8 Å². The summed E-state index contributed by atoms with van der Waals surface area (Å²) < 4.78 is 43.2. The predicted octanol–water partition coefficient (Wildman–Crippen LogP) is 1.47. The molecule has 1 N–H and O–H groups in total. The zero-order chi connectivity index (χ0) is 15.5. The van der Waals surface area contributed by atoms with E-state index in [1.54, 1.807) is 13.0 Å². The molecule has 7 heteroatoms. The third kappa shape index (κ3) is 3.66. The summed E-state index contributed by atoms with van der Waals surface area (Å²) in [5.41, 5.74) is 0.604. The van der Waals surface area contributed by atoms with Gasteiger partial charge in [0.15, 0.2) is 11.5 Å². The lowest BCUT2D eigenvalue weighted by Gasteiger charge is -2.15. The van der Waals surface area contributed by atoms with E-state index in [9.17, 15) is 8.42 Å². The van der Waals surface area contributed by atoms with Gasteiger partial charge in [0.05, 0.1) is 25.2 Å². The topological polar surface area (TPSA) is 73.9 Å². The quantitative estimate of drug-likeness (QED) is 0.860. The molecule has 1 aromatic carbocycles. The molecule has 118 valence electrons. The first-order valence-electron chi connectivity index (χ1n) is 6.82. The second kappa shape index (κ2) is 6.64. The van der Waals surface area contributed by atoms with Gasteiger partial charge in [-0.2, -0.15) is 0 Å². The molecule has 0 spiro atoms. The van der Waals surface area contributed by atoms with Crippen LogP contribution in [0.25, 0.3) is 0 Å². The Morgan fingerprint density at radius 1 is 1.29 bits per heavy atom. The van der Waals surface area contributed by atoms with Crippen LogP contribution in [0.15, 0.2) is 17.0 Å². The summed E-state index contributed by atoms with van der Waals surface area (Å²) >= 11 is 0. The van der Waals surface area contributed by atoms with Crippen LogP contribution in [0.5, 0.6) is 11.5 Å². The Hall–Kier alpha value is -1.31. The molecule has 1 fully saturated rings. The molecule has 6 nitrogen and oxygen atoms in total. The molecule has 1 heterocycles. The van der Waals surface area contributed by atoms with E-state index in [1.807, 2.05) is 0 Å². The molecule has 1 saturated heterocycles. The normalized spacial score (nSPS) is 18.7. The molecule has 0 aromatic heterocycles. The summed E-state index contributed by atoms with van der Waals surface area (Å²) in [6.07, 6.45) is 1.81. The van der Waals surface area contributed by atoms with Crippen LogP contribution in [0.3, 0.4) is 0 Å². The third-order valence-electron chi connectivity index (χ3n) is 3.50. The van der Waals surface area contributed by atoms with Gasteiger partial charge in [0.2, 0.25) is 10.0 Å². The van der Waals surface area contributed by atoms with Gasteiger partial charge in [-0.15, -0.1) is 0 Å². The second-order valence-electron chi connectivity index (χ2n) is 4.96. The molecule has 0 bridgehead atoms. The Morgan fingerprint density at radius 2 is 1.95 bits per heavy atom. The van der Waals surface area contributed by atoms with Crippen LogP contribution in [0.4, 0.5) is 0 Å². The van der Waals surface area contributed by atoms with Crippen molar-refractivity contribution >= 4 is 10.0 Å². The van der Waals surface area contributed by atoms with E-state index in [2.05, 4.69) is 4.72 Å². The highest BCUT2D eigenvalue weighted by molar-refractivity contribution is 7.89. The number of nitrogens with one attached hydrogen (secondary N) is 1. The monoisotopic (exact) mass is 315 g/mol. The number of aryl methyl sites for hydroxylation is 1. The van der Waals surface area contributed by atoms with Crippen LogP contribution >= 0.6 is 0 Å². The average Bonchev–Trinajstić information content (AvgIpc) is 2.98. The summed E-state index contributed by atoms with van der Waals surface area (Å²) in [5.74, 6) is 0.897. The number of rotatable bonds is 6. The molecule has 0 radical (unpaired) electrons. The first-order chi connectivity index (χ1) is 9.97. The molecule has 21 heavy (non-hydrogen) atoms. The highest BCUT2D eigenvalue weighted by Crippen LogP contribution is 2.32. The van der Waals surface area contributed by atoms with Crippen molar-refractivity contribution in [1.29, 1.82) is 0 Å². The zero-order valence-corrected chi connectivity index (χ0v) is 13.3. The Morgan fingerprint density at radius 3 is 2.52 bits per heavy atom. The lowest BCUT2D eigenvalue weighted by Crippen LogP contribution is -2.32. The van der Waals surface area contributed by atoms with Gasteiger partial charge in [-0.05, 0) is 31.4 Å². The van der Waals surface area contributed by atoms with Crippen LogP contribution < -0.4 is 14.2 Å². The Labute approximate surface area is 125 Å². The van der Waals surface area contributed by atoms with Crippen molar-refractivity contribution < 1.29 is 22.6 Å². The summed E-state index contributed by atoms with van der Waals surface area (Å²) in [7, 11) is -0.611. The highest BCUT2D eigenvalue weighted by atomic mass is 32.2. The minimum atomic E-state index is -3.60. The van der Waals surface area contributed by atoms with E-state index in [4.69, 9.17) is 14.2 Å². The molecule has 0 unspecified atom stereocenters. The number of hydrogen-bond donors (Lipinski definition) is 1. The lowest BCUT2D eigenvalue weighted by atomic mass is 10.2. The van der Waals surface area contributed by atoms with Gasteiger partial charge < -0.3 is 14.2 Å². The van der Waals surface area contributed by atoms with E-state index < -0.39 is 10.0 Å². The molecule has 0 aliphatic carbocycles. The number of ether oxygens (including phenoxy) is 3. The fraction of sp³-hybridized carbons (Fsp3) is 0.571. The van der Waals surface area contributed by atoms with Crippen molar-refractivity contribution in [3.8, 4) is 11.5 Å². The van der Waals surface area contributed by atoms with Gasteiger partial charge in [0, 0.05) is 19.2 Å². The molecule has 2 rings (SSSR count). The molecule has 0 amide bonds. The maximum Gasteiger partial charge on any atom is 0.241 e. The molecule has 1 aliphatic rings. The lowest BCUT2D eigenvalue weighted by molar-refractivity contribution is 0.114. The van der Waals surface area contributed by atoms with Gasteiger partial charge in [-0.1, -0.05) is 0 Å². The zero-order valence-electron chi connectivity index (χ0n) is 12.5. The molecular formula is C14H21NO5S. The first kappa shape index (κ1) is 16.1. The van der Waals surface area contributed by atoms with Gasteiger partial charge in [0.1, 0.15) is 0 Å². The highest BCUT2D eigenvalue weighted by Gasteiger charge is 2.23. The summed E-state index contributed by atoms with van der Waals surface area (Å²) in [6.45, 7) is 2.71. The molecule has 0 saturated carbocycles. The Balaban J connectivity index is 2.22. The van der Waals surface area contributed by atoms with E-state index in [0.717, 1.165) is 12.8 Å². The fourth-order valence-corrected chi connectivity index (χ4v) is 3.64. The first-order valence-corrected chi connectivity index (χ1v) is 8.30. The van der Waals surface area contributed by atoms with Crippen LogP contribution in [0, 0.1) is 6.92 Å².